The number of nitriles is 1. The quantitative estimate of drug-likeness (QED) is 0.812. The Morgan fingerprint density at radius 1 is 1.25 bits per heavy atom. The molecule has 2 N–H and O–H groups in total. The fraction of sp³-hybridized carbons (Fsp3) is 0.267. The van der Waals surface area contributed by atoms with Gasteiger partial charge in [-0.15, -0.1) is 10.2 Å². The van der Waals surface area contributed by atoms with Crippen LogP contribution in [-0.4, -0.2) is 0 Å². The first-order valence-electron chi connectivity index (χ1n) is 6.45. The van der Waals surface area contributed by atoms with Gasteiger partial charge in [-0.25, -0.2) is 0 Å². The van der Waals surface area contributed by atoms with Crippen molar-refractivity contribution in [3.8, 4) is 6.07 Å². The van der Waals surface area contributed by atoms with E-state index in [4.69, 9.17) is 11.0 Å². The van der Waals surface area contributed by atoms with Gasteiger partial charge in [0.1, 0.15) is 16.1 Å². The second-order valence-corrected chi connectivity index (χ2v) is 5.53. The van der Waals surface area contributed by atoms with E-state index in [-0.39, 0.29) is 0 Å². The van der Waals surface area contributed by atoms with Crippen LogP contribution in [0.3, 0.4) is 0 Å². The zero-order valence-electron chi connectivity index (χ0n) is 11.6. The third-order valence-corrected chi connectivity index (χ3v) is 4.00. The van der Waals surface area contributed by atoms with Crippen molar-refractivity contribution in [1.29, 1.82) is 5.26 Å². The minimum Gasteiger partial charge on any atom is -0.389 e. The van der Waals surface area contributed by atoms with Gasteiger partial charge in [-0.2, -0.15) is 5.26 Å². The molecule has 0 fully saturated rings. The van der Waals surface area contributed by atoms with Gasteiger partial charge in [0.15, 0.2) is 0 Å². The van der Waals surface area contributed by atoms with Crippen LogP contribution in [0.25, 0.3) is 0 Å². The largest absolute Gasteiger partial charge is 0.389 e. The summed E-state index contributed by atoms with van der Waals surface area (Å²) in [5, 5.41) is 18.6. The summed E-state index contributed by atoms with van der Waals surface area (Å²) in [6.45, 7) is 3.99. The van der Waals surface area contributed by atoms with Gasteiger partial charge in [0.2, 0.25) is 0 Å². The summed E-state index contributed by atoms with van der Waals surface area (Å²) in [6.07, 6.45) is 2.20. The molecule has 5 heteroatoms. The van der Waals surface area contributed by atoms with Crippen molar-refractivity contribution < 1.29 is 0 Å². The summed E-state index contributed by atoms with van der Waals surface area (Å²) in [7, 11) is 0. The number of hydrogen-bond donors (Lipinski definition) is 1. The normalized spacial score (nSPS) is 10.8. The Labute approximate surface area is 122 Å². The number of aryl methyl sites for hydroxylation is 1. The van der Waals surface area contributed by atoms with Crippen LogP contribution in [0.2, 0.25) is 0 Å². The highest BCUT2D eigenvalue weighted by Crippen LogP contribution is 2.37. The van der Waals surface area contributed by atoms with E-state index in [1.165, 1.54) is 16.9 Å². The maximum atomic E-state index is 8.98. The maximum Gasteiger partial charge on any atom is 0.145 e. The number of anilines is 1. The number of nitrogens with zero attached hydrogens (tertiary/aromatic N) is 3. The summed E-state index contributed by atoms with van der Waals surface area (Å²) in [6, 6.07) is 10.1. The van der Waals surface area contributed by atoms with Gasteiger partial charge in [0, 0.05) is 5.56 Å². The van der Waals surface area contributed by atoms with Crippen LogP contribution in [0.15, 0.2) is 34.5 Å². The lowest BCUT2D eigenvalue weighted by atomic mass is 10.1. The molecule has 0 radical (unpaired) electrons. The lowest BCUT2D eigenvalue weighted by molar-refractivity contribution is 0.922. The van der Waals surface area contributed by atoms with Crippen molar-refractivity contribution in [3.63, 3.8) is 0 Å². The van der Waals surface area contributed by atoms with Crippen LogP contribution in [0.1, 0.15) is 30.0 Å². The molecule has 0 saturated heterocycles. The summed E-state index contributed by atoms with van der Waals surface area (Å²) in [5.74, 6) is 0. The number of nitrogens with two attached hydrogens (primary N) is 1. The summed E-state index contributed by atoms with van der Waals surface area (Å²) in [5.41, 5.74) is 9.17. The molecule has 0 aliphatic rings. The Morgan fingerprint density at radius 3 is 2.50 bits per heavy atom. The van der Waals surface area contributed by atoms with E-state index in [2.05, 4.69) is 35.4 Å². The van der Waals surface area contributed by atoms with Crippen molar-refractivity contribution in [2.24, 2.45) is 10.2 Å². The summed E-state index contributed by atoms with van der Waals surface area (Å²) >= 11 is 1.29. The van der Waals surface area contributed by atoms with Gasteiger partial charge >= 0.3 is 0 Å². The van der Waals surface area contributed by atoms with Crippen LogP contribution in [0.5, 0.6) is 0 Å². The molecule has 0 amide bonds. The molecule has 102 valence electrons. The van der Waals surface area contributed by atoms with Gasteiger partial charge < -0.3 is 5.73 Å². The fourth-order valence-electron chi connectivity index (χ4n) is 1.88. The zero-order chi connectivity index (χ0) is 14.5. The number of azo groups is 1. The first kappa shape index (κ1) is 14.2. The highest BCUT2D eigenvalue weighted by Gasteiger charge is 2.11. The number of thiophene rings is 1. The minimum absolute atomic E-state index is 0.497. The Bertz CT molecular complexity index is 662. The second kappa shape index (κ2) is 6.31. The van der Waals surface area contributed by atoms with E-state index in [1.54, 1.807) is 0 Å². The van der Waals surface area contributed by atoms with Gasteiger partial charge in [-0.05, 0) is 31.0 Å². The predicted octanol–water partition coefficient (Wildman–Crippen LogP) is 4.88. The van der Waals surface area contributed by atoms with Crippen LogP contribution in [0, 0.1) is 18.3 Å². The average molecular weight is 284 g/mol. The van der Waals surface area contributed by atoms with Gasteiger partial charge in [-0.3, -0.25) is 0 Å². The molecule has 20 heavy (non-hydrogen) atoms. The standard InChI is InChI=1S/C15H16N4S/c1-3-4-11-5-7-12(8-6-11)18-19-15-10(2)13(9-16)14(17)20-15/h5-8H,3-4,17H2,1-2H3. The Balaban J connectivity index is 2.19. The van der Waals surface area contributed by atoms with Crippen LogP contribution < -0.4 is 5.73 Å². The number of hydrogen-bond acceptors (Lipinski definition) is 5. The molecular formula is C15H16N4S. The van der Waals surface area contributed by atoms with E-state index in [9.17, 15) is 0 Å². The van der Waals surface area contributed by atoms with Crippen molar-refractivity contribution >= 4 is 27.0 Å². The molecule has 0 atom stereocenters. The molecule has 2 aromatic rings. The molecule has 0 aliphatic heterocycles. The first-order valence-corrected chi connectivity index (χ1v) is 7.27. The lowest BCUT2D eigenvalue weighted by Crippen LogP contribution is -1.83. The Morgan fingerprint density at radius 2 is 1.95 bits per heavy atom. The van der Waals surface area contributed by atoms with E-state index >= 15 is 0 Å². The van der Waals surface area contributed by atoms with Gasteiger partial charge in [-0.1, -0.05) is 36.8 Å². The molecule has 1 heterocycles. The van der Waals surface area contributed by atoms with E-state index in [0.717, 1.165) is 24.1 Å². The van der Waals surface area contributed by atoms with Crippen LogP contribution in [0.4, 0.5) is 15.7 Å². The maximum absolute atomic E-state index is 8.98. The fourth-order valence-corrected chi connectivity index (χ4v) is 2.72. The predicted molar refractivity (Wildman–Crippen MR) is 82.8 cm³/mol. The Hall–Kier alpha value is -2.19. The number of rotatable bonds is 4. The van der Waals surface area contributed by atoms with Crippen LogP contribution in [-0.2, 0) is 6.42 Å². The van der Waals surface area contributed by atoms with Gasteiger partial charge in [0.05, 0.1) is 11.3 Å². The lowest BCUT2D eigenvalue weighted by Gasteiger charge is -1.98. The molecule has 0 spiro atoms. The van der Waals surface area contributed by atoms with E-state index in [0.29, 0.717) is 15.6 Å². The molecule has 2 rings (SSSR count). The molecule has 0 bridgehead atoms. The monoisotopic (exact) mass is 284 g/mol. The molecular weight excluding hydrogens is 268 g/mol. The minimum atomic E-state index is 0.497. The van der Waals surface area contributed by atoms with Gasteiger partial charge in [0.25, 0.3) is 0 Å². The third-order valence-electron chi connectivity index (χ3n) is 2.99. The first-order chi connectivity index (χ1) is 9.65. The Kier molecular flexibility index (Phi) is 4.49. The molecule has 0 aliphatic carbocycles. The molecule has 4 nitrogen and oxygen atoms in total. The van der Waals surface area contributed by atoms with Crippen molar-refractivity contribution in [3.05, 3.63) is 41.0 Å². The summed E-state index contributed by atoms with van der Waals surface area (Å²) < 4.78 is 0. The molecule has 1 aromatic heterocycles. The average Bonchev–Trinajstić information content (AvgIpc) is 2.72. The van der Waals surface area contributed by atoms with Crippen molar-refractivity contribution in [2.75, 3.05) is 5.73 Å². The van der Waals surface area contributed by atoms with Crippen molar-refractivity contribution in [2.45, 2.75) is 26.7 Å². The molecule has 0 unspecified atom stereocenters. The highest BCUT2D eigenvalue weighted by atomic mass is 32.1. The van der Waals surface area contributed by atoms with E-state index in [1.807, 2.05) is 19.1 Å². The topological polar surface area (TPSA) is 74.5 Å². The number of benzene rings is 1. The third kappa shape index (κ3) is 3.03. The second-order valence-electron chi connectivity index (χ2n) is 4.50. The highest BCUT2D eigenvalue weighted by molar-refractivity contribution is 7.20. The van der Waals surface area contributed by atoms with Crippen molar-refractivity contribution in [1.82, 2.24) is 0 Å². The molecule has 1 aromatic carbocycles. The number of nitrogen functional groups attached to an aromatic ring is 1. The SMILES string of the molecule is CCCc1ccc(N=Nc2sc(N)c(C#N)c2C)cc1. The molecule has 0 saturated carbocycles. The van der Waals surface area contributed by atoms with E-state index < -0.39 is 0 Å². The summed E-state index contributed by atoms with van der Waals surface area (Å²) in [4.78, 5) is 0. The zero-order valence-corrected chi connectivity index (χ0v) is 12.4. The smallest absolute Gasteiger partial charge is 0.145 e. The van der Waals surface area contributed by atoms with Crippen LogP contribution >= 0.6 is 11.3 Å².